The van der Waals surface area contributed by atoms with Crippen LogP contribution in [0.25, 0.3) is 10.9 Å². The molecule has 0 spiro atoms. The molecule has 1 heterocycles. The Morgan fingerprint density at radius 2 is 1.77 bits per heavy atom. The van der Waals surface area contributed by atoms with E-state index in [9.17, 15) is 9.18 Å². The minimum atomic E-state index is -0.328. The molecule has 0 saturated carbocycles. The minimum Gasteiger partial charge on any atom is -0.342 e. The van der Waals surface area contributed by atoms with Crippen molar-refractivity contribution in [1.82, 2.24) is 9.99 Å². The SMILES string of the molecule is O=C(Cc1ccc(F)cc1)N/N=C/c1cn(Cc2ccccc2Cl)c2ccccc12. The molecule has 4 aromatic rings. The molecule has 3 aromatic carbocycles. The van der Waals surface area contributed by atoms with E-state index in [0.717, 1.165) is 32.6 Å². The number of benzene rings is 3. The van der Waals surface area contributed by atoms with E-state index in [-0.39, 0.29) is 18.1 Å². The summed E-state index contributed by atoms with van der Waals surface area (Å²) in [5.74, 6) is -0.594. The highest BCUT2D eigenvalue weighted by Gasteiger charge is 2.09. The van der Waals surface area contributed by atoms with Crippen LogP contribution in [-0.2, 0) is 17.8 Å². The first kappa shape index (κ1) is 19.9. The van der Waals surface area contributed by atoms with Crippen LogP contribution in [-0.4, -0.2) is 16.7 Å². The molecule has 0 atom stereocenters. The number of para-hydroxylation sites is 1. The van der Waals surface area contributed by atoms with Crippen molar-refractivity contribution in [2.24, 2.45) is 5.10 Å². The van der Waals surface area contributed by atoms with Crippen LogP contribution < -0.4 is 5.43 Å². The molecule has 0 unspecified atom stereocenters. The first-order valence-corrected chi connectivity index (χ1v) is 9.85. The van der Waals surface area contributed by atoms with E-state index in [1.54, 1.807) is 18.3 Å². The second-order valence-corrected chi connectivity index (χ2v) is 7.32. The van der Waals surface area contributed by atoms with Crippen LogP contribution in [0, 0.1) is 5.82 Å². The lowest BCUT2D eigenvalue weighted by Crippen LogP contribution is -2.19. The maximum Gasteiger partial charge on any atom is 0.244 e. The van der Waals surface area contributed by atoms with Gasteiger partial charge in [-0.1, -0.05) is 60.1 Å². The molecular formula is C24H19ClFN3O. The summed E-state index contributed by atoms with van der Waals surface area (Å²) in [5.41, 5.74) is 6.22. The summed E-state index contributed by atoms with van der Waals surface area (Å²) in [7, 11) is 0. The second-order valence-electron chi connectivity index (χ2n) is 6.92. The van der Waals surface area contributed by atoms with Crippen molar-refractivity contribution >= 4 is 34.6 Å². The van der Waals surface area contributed by atoms with Gasteiger partial charge >= 0.3 is 0 Å². The largest absolute Gasteiger partial charge is 0.342 e. The quantitative estimate of drug-likeness (QED) is 0.340. The van der Waals surface area contributed by atoms with E-state index in [1.165, 1.54) is 12.1 Å². The Kier molecular flexibility index (Phi) is 5.91. The number of carbonyl (C=O) groups is 1. The number of aromatic nitrogens is 1. The summed E-state index contributed by atoms with van der Waals surface area (Å²) < 4.78 is 15.1. The Balaban J connectivity index is 1.50. The summed E-state index contributed by atoms with van der Waals surface area (Å²) in [6.45, 7) is 0.630. The van der Waals surface area contributed by atoms with Crippen molar-refractivity contribution in [1.29, 1.82) is 0 Å². The molecule has 0 saturated heterocycles. The average Bonchev–Trinajstić information content (AvgIpc) is 3.09. The number of hydrogen-bond donors (Lipinski definition) is 1. The fourth-order valence-electron chi connectivity index (χ4n) is 3.32. The van der Waals surface area contributed by atoms with Crippen molar-refractivity contribution in [2.75, 3.05) is 0 Å². The van der Waals surface area contributed by atoms with Gasteiger partial charge in [-0.05, 0) is 35.4 Å². The zero-order valence-corrected chi connectivity index (χ0v) is 16.8. The Labute approximate surface area is 178 Å². The van der Waals surface area contributed by atoms with Crippen LogP contribution in [0.5, 0.6) is 0 Å². The number of rotatable bonds is 6. The molecule has 0 aliphatic heterocycles. The predicted molar refractivity (Wildman–Crippen MR) is 118 cm³/mol. The molecule has 0 fully saturated rings. The lowest BCUT2D eigenvalue weighted by Gasteiger charge is -2.07. The van der Waals surface area contributed by atoms with Crippen molar-refractivity contribution in [3.8, 4) is 0 Å². The number of amides is 1. The van der Waals surface area contributed by atoms with Crippen LogP contribution in [0.3, 0.4) is 0 Å². The molecule has 6 heteroatoms. The van der Waals surface area contributed by atoms with Gasteiger partial charge in [0.2, 0.25) is 5.91 Å². The lowest BCUT2D eigenvalue weighted by atomic mass is 10.1. The van der Waals surface area contributed by atoms with Crippen molar-refractivity contribution in [2.45, 2.75) is 13.0 Å². The van der Waals surface area contributed by atoms with E-state index < -0.39 is 0 Å². The van der Waals surface area contributed by atoms with E-state index in [1.807, 2.05) is 54.7 Å². The fourth-order valence-corrected chi connectivity index (χ4v) is 3.52. The van der Waals surface area contributed by atoms with Crippen LogP contribution in [0.4, 0.5) is 4.39 Å². The second kappa shape index (κ2) is 8.93. The van der Waals surface area contributed by atoms with Crippen LogP contribution in [0.15, 0.2) is 84.1 Å². The Hall–Kier alpha value is -3.44. The normalized spacial score (nSPS) is 11.3. The number of nitrogens with one attached hydrogen (secondary N) is 1. The van der Waals surface area contributed by atoms with E-state index in [2.05, 4.69) is 15.1 Å². The van der Waals surface area contributed by atoms with Gasteiger partial charge in [0.15, 0.2) is 0 Å². The molecule has 1 amide bonds. The highest BCUT2D eigenvalue weighted by Crippen LogP contribution is 2.23. The number of nitrogens with zero attached hydrogens (tertiary/aromatic N) is 2. The van der Waals surface area contributed by atoms with Gasteiger partial charge in [-0.3, -0.25) is 4.79 Å². The fraction of sp³-hybridized carbons (Fsp3) is 0.0833. The van der Waals surface area contributed by atoms with Gasteiger partial charge in [-0.15, -0.1) is 0 Å². The van der Waals surface area contributed by atoms with Gasteiger partial charge in [-0.2, -0.15) is 5.10 Å². The number of halogens is 2. The lowest BCUT2D eigenvalue weighted by molar-refractivity contribution is -0.120. The maximum atomic E-state index is 13.0. The van der Waals surface area contributed by atoms with Crippen LogP contribution >= 0.6 is 11.6 Å². The molecule has 0 aliphatic rings. The third kappa shape index (κ3) is 4.58. The third-order valence-corrected chi connectivity index (χ3v) is 5.16. The van der Waals surface area contributed by atoms with Gasteiger partial charge in [0.25, 0.3) is 0 Å². The molecule has 0 radical (unpaired) electrons. The Bertz CT molecular complexity index is 1210. The number of carbonyl (C=O) groups excluding carboxylic acids is 1. The highest BCUT2D eigenvalue weighted by atomic mass is 35.5. The van der Waals surface area contributed by atoms with Gasteiger partial charge in [0, 0.05) is 34.2 Å². The standard InChI is InChI=1S/C24H19ClFN3O/c25-22-7-3-1-5-18(22)15-29-16-19(21-6-2-4-8-23(21)29)14-27-28-24(30)13-17-9-11-20(26)12-10-17/h1-12,14,16H,13,15H2,(H,28,30)/b27-14+. The summed E-state index contributed by atoms with van der Waals surface area (Å²) in [6.07, 6.45) is 3.75. The molecule has 4 nitrogen and oxygen atoms in total. The van der Waals surface area contributed by atoms with Crippen LogP contribution in [0.1, 0.15) is 16.7 Å². The first-order valence-electron chi connectivity index (χ1n) is 9.48. The van der Waals surface area contributed by atoms with Crippen molar-refractivity contribution < 1.29 is 9.18 Å². The summed E-state index contributed by atoms with van der Waals surface area (Å²) in [6, 6.07) is 21.6. The van der Waals surface area contributed by atoms with Crippen molar-refractivity contribution in [3.05, 3.63) is 107 Å². The average molecular weight is 420 g/mol. The smallest absolute Gasteiger partial charge is 0.244 e. The van der Waals surface area contributed by atoms with Gasteiger partial charge in [-0.25, -0.2) is 9.82 Å². The summed E-state index contributed by atoms with van der Waals surface area (Å²) in [5, 5.41) is 5.85. The van der Waals surface area contributed by atoms with Crippen molar-refractivity contribution in [3.63, 3.8) is 0 Å². The zero-order chi connectivity index (χ0) is 20.9. The van der Waals surface area contributed by atoms with Gasteiger partial charge in [0.05, 0.1) is 12.6 Å². The van der Waals surface area contributed by atoms with Gasteiger partial charge < -0.3 is 4.57 Å². The molecule has 0 aliphatic carbocycles. The first-order chi connectivity index (χ1) is 14.6. The number of fused-ring (bicyclic) bond motifs is 1. The third-order valence-electron chi connectivity index (χ3n) is 4.79. The summed E-state index contributed by atoms with van der Waals surface area (Å²) in [4.78, 5) is 12.1. The van der Waals surface area contributed by atoms with Gasteiger partial charge in [0.1, 0.15) is 5.82 Å². The zero-order valence-electron chi connectivity index (χ0n) is 16.1. The minimum absolute atomic E-state index is 0.131. The predicted octanol–water partition coefficient (Wildman–Crippen LogP) is 5.17. The molecule has 0 bridgehead atoms. The Morgan fingerprint density at radius 3 is 2.57 bits per heavy atom. The van der Waals surface area contributed by atoms with Crippen LogP contribution in [0.2, 0.25) is 5.02 Å². The maximum absolute atomic E-state index is 13.0. The van der Waals surface area contributed by atoms with E-state index in [4.69, 9.17) is 11.6 Å². The molecular weight excluding hydrogens is 401 g/mol. The summed E-state index contributed by atoms with van der Waals surface area (Å²) >= 11 is 6.32. The molecule has 1 N–H and O–H groups in total. The highest BCUT2D eigenvalue weighted by molar-refractivity contribution is 6.31. The molecule has 30 heavy (non-hydrogen) atoms. The van der Waals surface area contributed by atoms with E-state index in [0.29, 0.717) is 6.54 Å². The monoisotopic (exact) mass is 419 g/mol. The number of hydrazone groups is 1. The molecule has 150 valence electrons. The number of hydrogen-bond acceptors (Lipinski definition) is 2. The van der Waals surface area contributed by atoms with E-state index >= 15 is 0 Å². The molecule has 4 rings (SSSR count). The topological polar surface area (TPSA) is 46.4 Å². The molecule has 1 aromatic heterocycles. The Morgan fingerprint density at radius 1 is 1.03 bits per heavy atom.